The molecule has 6 aromatic rings. The van der Waals surface area contributed by atoms with Gasteiger partial charge in [-0.15, -0.1) is 0 Å². The van der Waals surface area contributed by atoms with E-state index in [1.165, 1.54) is 43.9 Å². The van der Waals surface area contributed by atoms with Gasteiger partial charge < -0.3 is 10.3 Å². The van der Waals surface area contributed by atoms with Crippen LogP contribution in [0.2, 0.25) is 0 Å². The maximum absolute atomic E-state index is 15.4. The van der Waals surface area contributed by atoms with Gasteiger partial charge in [0.1, 0.15) is 22.8 Å². The zero-order chi connectivity index (χ0) is 31.8. The number of sulfonamides is 1. The molecule has 46 heavy (non-hydrogen) atoms. The molecule has 7 rings (SSSR count). The number of nitrogens with zero attached hydrogens (tertiary/aromatic N) is 4. The monoisotopic (exact) mass is 642 g/mol. The molecule has 0 saturated heterocycles. The zero-order valence-corrected chi connectivity index (χ0v) is 25.9. The summed E-state index contributed by atoms with van der Waals surface area (Å²) in [6.45, 7) is 1.56. The van der Waals surface area contributed by atoms with Gasteiger partial charge in [0.15, 0.2) is 5.82 Å². The van der Waals surface area contributed by atoms with E-state index in [1.54, 1.807) is 36.8 Å². The topological polar surface area (TPSA) is 141 Å². The first-order valence-electron chi connectivity index (χ1n) is 15.1. The van der Waals surface area contributed by atoms with Crippen molar-refractivity contribution in [3.63, 3.8) is 0 Å². The van der Waals surface area contributed by atoms with Crippen molar-refractivity contribution in [3.8, 4) is 33.9 Å². The lowest BCUT2D eigenvalue weighted by molar-refractivity contribution is 0.489. The van der Waals surface area contributed by atoms with Gasteiger partial charge in [-0.3, -0.25) is 15.1 Å². The highest BCUT2D eigenvalue weighted by Gasteiger charge is 2.19. The SMILES string of the molecule is CS(=O)(=O)NCc1cc(F)cc(-c2nccc3[nH]c(-c4n[nH]c5cc(F)c(-c6cncc(CNCC7CCCC7)c6)cc45)nc23)c1. The molecule has 1 saturated carbocycles. The molecule has 0 atom stereocenters. The van der Waals surface area contributed by atoms with Gasteiger partial charge in [-0.2, -0.15) is 5.10 Å². The van der Waals surface area contributed by atoms with Gasteiger partial charge in [0, 0.05) is 59.8 Å². The first-order valence-corrected chi connectivity index (χ1v) is 17.0. The Morgan fingerprint density at radius 1 is 0.935 bits per heavy atom. The third-order valence-corrected chi connectivity index (χ3v) is 9.06. The molecule has 2 aromatic carbocycles. The number of rotatable bonds is 10. The van der Waals surface area contributed by atoms with Crippen LogP contribution in [-0.4, -0.2) is 51.4 Å². The Bertz CT molecular complexity index is 2170. The van der Waals surface area contributed by atoms with E-state index in [-0.39, 0.29) is 6.54 Å². The van der Waals surface area contributed by atoms with Crippen LogP contribution in [0.3, 0.4) is 0 Å². The van der Waals surface area contributed by atoms with Crippen molar-refractivity contribution in [1.29, 1.82) is 0 Å². The number of hydrogen-bond donors (Lipinski definition) is 4. The number of nitrogens with one attached hydrogen (secondary N) is 4. The van der Waals surface area contributed by atoms with E-state index >= 15 is 4.39 Å². The van der Waals surface area contributed by atoms with Crippen LogP contribution in [0, 0.1) is 17.6 Å². The van der Waals surface area contributed by atoms with Crippen LogP contribution >= 0.6 is 0 Å². The minimum absolute atomic E-state index is 0.0705. The summed E-state index contributed by atoms with van der Waals surface area (Å²) in [7, 11) is -3.47. The summed E-state index contributed by atoms with van der Waals surface area (Å²) in [4.78, 5) is 16.9. The molecule has 0 unspecified atom stereocenters. The lowest BCUT2D eigenvalue weighted by Crippen LogP contribution is -2.21. The summed E-state index contributed by atoms with van der Waals surface area (Å²) < 4.78 is 55.6. The normalized spacial score (nSPS) is 14.2. The van der Waals surface area contributed by atoms with E-state index in [1.807, 2.05) is 6.07 Å². The summed E-state index contributed by atoms with van der Waals surface area (Å²) in [6.07, 6.45) is 11.2. The van der Waals surface area contributed by atoms with Crippen LogP contribution in [0.4, 0.5) is 8.78 Å². The summed E-state index contributed by atoms with van der Waals surface area (Å²) >= 11 is 0. The first-order chi connectivity index (χ1) is 22.2. The quantitative estimate of drug-likeness (QED) is 0.147. The molecule has 4 aromatic heterocycles. The Balaban J connectivity index is 1.21. The summed E-state index contributed by atoms with van der Waals surface area (Å²) in [5, 5.41) is 11.5. The molecule has 1 aliphatic rings. The average Bonchev–Trinajstić information content (AvgIpc) is 3.79. The van der Waals surface area contributed by atoms with E-state index in [9.17, 15) is 12.8 Å². The Kier molecular flexibility index (Phi) is 8.05. The maximum atomic E-state index is 15.4. The molecule has 0 spiro atoms. The molecule has 13 heteroatoms. The van der Waals surface area contributed by atoms with Gasteiger partial charge in [-0.05, 0) is 72.8 Å². The molecular formula is C33H32F2N8O2S. The van der Waals surface area contributed by atoms with Gasteiger partial charge in [-0.25, -0.2) is 26.9 Å². The number of H-pyrrole nitrogens is 2. The molecule has 10 nitrogen and oxygen atoms in total. The largest absolute Gasteiger partial charge is 0.336 e. The molecule has 0 radical (unpaired) electrons. The highest BCUT2D eigenvalue weighted by molar-refractivity contribution is 7.88. The fraction of sp³-hybridized carbons (Fsp3) is 0.273. The predicted molar refractivity (Wildman–Crippen MR) is 173 cm³/mol. The molecule has 236 valence electrons. The van der Waals surface area contributed by atoms with E-state index in [2.05, 4.69) is 35.2 Å². The van der Waals surface area contributed by atoms with Crippen molar-refractivity contribution in [3.05, 3.63) is 83.8 Å². The summed E-state index contributed by atoms with van der Waals surface area (Å²) in [5.74, 6) is 0.208. The van der Waals surface area contributed by atoms with Gasteiger partial charge in [0.25, 0.3) is 0 Å². The second-order valence-electron chi connectivity index (χ2n) is 11.9. The number of fused-ring (bicyclic) bond motifs is 2. The summed E-state index contributed by atoms with van der Waals surface area (Å²) in [6, 6.07) is 11.1. The van der Waals surface area contributed by atoms with Crippen LogP contribution in [0.5, 0.6) is 0 Å². The molecule has 0 aliphatic heterocycles. The fourth-order valence-corrected chi connectivity index (χ4v) is 6.60. The number of halogens is 2. The molecule has 0 amide bonds. The molecule has 1 aliphatic carbocycles. The van der Waals surface area contributed by atoms with E-state index in [0.29, 0.717) is 67.9 Å². The molecule has 4 N–H and O–H groups in total. The number of hydrogen-bond acceptors (Lipinski definition) is 7. The lowest BCUT2D eigenvalue weighted by Gasteiger charge is -2.11. The number of pyridine rings is 2. The number of aromatic nitrogens is 6. The number of imidazole rings is 1. The third-order valence-electron chi connectivity index (χ3n) is 8.39. The zero-order valence-electron chi connectivity index (χ0n) is 25.1. The van der Waals surface area contributed by atoms with E-state index in [0.717, 1.165) is 24.3 Å². The van der Waals surface area contributed by atoms with Gasteiger partial charge in [0.2, 0.25) is 10.0 Å². The first kappa shape index (κ1) is 30.1. The second-order valence-corrected chi connectivity index (χ2v) is 13.7. The third kappa shape index (κ3) is 6.39. The minimum Gasteiger partial charge on any atom is -0.336 e. The molecule has 1 fully saturated rings. The smallest absolute Gasteiger partial charge is 0.209 e. The van der Waals surface area contributed by atoms with E-state index < -0.39 is 21.7 Å². The van der Waals surface area contributed by atoms with Gasteiger partial charge in [0.05, 0.1) is 23.0 Å². The average molecular weight is 643 g/mol. The minimum atomic E-state index is -3.47. The molecule has 4 heterocycles. The molecular weight excluding hydrogens is 610 g/mol. The Labute approximate surface area is 264 Å². The summed E-state index contributed by atoms with van der Waals surface area (Å²) in [5.41, 5.74) is 5.43. The highest BCUT2D eigenvalue weighted by atomic mass is 32.2. The Morgan fingerprint density at radius 2 is 1.76 bits per heavy atom. The predicted octanol–water partition coefficient (Wildman–Crippen LogP) is 5.84. The van der Waals surface area contributed by atoms with Gasteiger partial charge >= 0.3 is 0 Å². The van der Waals surface area contributed by atoms with Crippen LogP contribution in [0.15, 0.2) is 61.1 Å². The van der Waals surface area contributed by atoms with Gasteiger partial charge in [-0.1, -0.05) is 12.8 Å². The lowest BCUT2D eigenvalue weighted by atomic mass is 10.0. The Hall–Kier alpha value is -4.59. The van der Waals surface area contributed by atoms with Crippen molar-refractivity contribution < 1.29 is 17.2 Å². The van der Waals surface area contributed by atoms with Crippen molar-refractivity contribution in [1.82, 2.24) is 40.2 Å². The fourth-order valence-electron chi connectivity index (χ4n) is 6.17. The van der Waals surface area contributed by atoms with Crippen molar-refractivity contribution in [2.45, 2.75) is 38.8 Å². The van der Waals surface area contributed by atoms with Crippen molar-refractivity contribution in [2.24, 2.45) is 5.92 Å². The van der Waals surface area contributed by atoms with Crippen LogP contribution in [0.25, 0.3) is 55.8 Å². The number of benzene rings is 2. The molecule has 0 bridgehead atoms. The number of aromatic amines is 2. The highest BCUT2D eigenvalue weighted by Crippen LogP contribution is 2.34. The second kappa shape index (κ2) is 12.3. The van der Waals surface area contributed by atoms with Crippen LogP contribution < -0.4 is 10.0 Å². The van der Waals surface area contributed by atoms with Crippen LogP contribution in [-0.2, 0) is 23.1 Å². The van der Waals surface area contributed by atoms with Crippen molar-refractivity contribution >= 4 is 32.0 Å². The van der Waals surface area contributed by atoms with E-state index in [4.69, 9.17) is 4.98 Å². The van der Waals surface area contributed by atoms with Crippen molar-refractivity contribution in [2.75, 3.05) is 12.8 Å². The van der Waals surface area contributed by atoms with Crippen LogP contribution in [0.1, 0.15) is 36.8 Å². The Morgan fingerprint density at radius 3 is 2.59 bits per heavy atom. The standard InChI is InChI=1S/C33H32F2N8O2S/c1-46(44,45)39-17-20-8-22(11-24(34)10-20)30-32-28(6-7-38-30)40-33(41-32)31-26-12-25(27(35)13-29(26)42-43-31)23-9-21(16-37-18-23)15-36-14-19-4-2-3-5-19/h6-13,16,18-19,36,39H,2-5,14-15,17H2,1H3,(H,40,41)(H,42,43). The maximum Gasteiger partial charge on any atom is 0.209 e.